The highest BCUT2D eigenvalue weighted by Gasteiger charge is 2.30. The lowest BCUT2D eigenvalue weighted by molar-refractivity contribution is -0.161. The minimum absolute atomic E-state index is 0.108. The Morgan fingerprint density at radius 2 is 0.520 bits per heavy atom. The number of ether oxygens (including phenoxy) is 4. The highest BCUT2D eigenvalue weighted by Crippen LogP contribution is 2.45. The van der Waals surface area contributed by atoms with Crippen LogP contribution in [0.4, 0.5) is 0 Å². The smallest absolute Gasteiger partial charge is 0.462 e. The SMILES string of the molecule is CCCCCCCCCCCCCCCCC(=O)OC[C@H](COP(=O)(O)OC[C@@H](O)COP(=O)(O)OC[C@@H](COC(=O)CCCCCCCCCCC(C)CC)OC(=O)CCCCCCCCCCCCCCCC)OC(=O)CCCCCCCCCCCCCCCCCC(C)C. The highest BCUT2D eigenvalue weighted by molar-refractivity contribution is 7.47. The Balaban J connectivity index is 5.26. The maximum Gasteiger partial charge on any atom is 0.472 e. The number of aliphatic hydroxyl groups is 1. The third kappa shape index (κ3) is 71.1. The van der Waals surface area contributed by atoms with Gasteiger partial charge in [0, 0.05) is 25.7 Å². The summed E-state index contributed by atoms with van der Waals surface area (Å²) in [6.45, 7) is 9.66. The number of phosphoric ester groups is 2. The van der Waals surface area contributed by atoms with E-state index in [1.54, 1.807) is 0 Å². The fourth-order valence-corrected chi connectivity index (χ4v) is 13.7. The lowest BCUT2D eigenvalue weighted by Crippen LogP contribution is -2.30. The summed E-state index contributed by atoms with van der Waals surface area (Å²) in [4.78, 5) is 73.0. The van der Waals surface area contributed by atoms with E-state index in [1.807, 2.05) is 0 Å². The Morgan fingerprint density at radius 3 is 0.776 bits per heavy atom. The Morgan fingerprint density at radius 1 is 0.296 bits per heavy atom. The molecule has 0 fully saturated rings. The van der Waals surface area contributed by atoms with Crippen LogP contribution < -0.4 is 0 Å². The van der Waals surface area contributed by atoms with Crippen molar-refractivity contribution < 1.29 is 80.2 Å². The van der Waals surface area contributed by atoms with E-state index < -0.39 is 97.5 Å². The molecule has 98 heavy (non-hydrogen) atoms. The van der Waals surface area contributed by atoms with Crippen molar-refractivity contribution in [1.29, 1.82) is 0 Å². The van der Waals surface area contributed by atoms with Crippen LogP contribution in [0.5, 0.6) is 0 Å². The predicted molar refractivity (Wildman–Crippen MR) is 400 cm³/mol. The van der Waals surface area contributed by atoms with Crippen molar-refractivity contribution in [2.75, 3.05) is 39.6 Å². The molecule has 19 heteroatoms. The topological polar surface area (TPSA) is 237 Å². The maximum atomic E-state index is 13.1. The molecule has 0 aromatic carbocycles. The quantitative estimate of drug-likeness (QED) is 0.0222. The van der Waals surface area contributed by atoms with Crippen LogP contribution in [0.15, 0.2) is 0 Å². The number of aliphatic hydroxyl groups excluding tert-OH is 1. The summed E-state index contributed by atoms with van der Waals surface area (Å²) >= 11 is 0. The average molecular weight is 1440 g/mol. The van der Waals surface area contributed by atoms with Crippen molar-refractivity contribution >= 4 is 39.5 Å². The molecule has 0 saturated carbocycles. The monoisotopic (exact) mass is 1440 g/mol. The molecule has 0 radical (unpaired) electrons. The largest absolute Gasteiger partial charge is 0.472 e. The number of hydrogen-bond donors (Lipinski definition) is 3. The second-order valence-electron chi connectivity index (χ2n) is 29.2. The van der Waals surface area contributed by atoms with Gasteiger partial charge in [0.1, 0.15) is 19.3 Å². The second kappa shape index (κ2) is 70.7. The Kier molecular flexibility index (Phi) is 69.3. The Hall–Kier alpha value is -1.94. The molecule has 0 spiro atoms. The van der Waals surface area contributed by atoms with Crippen LogP contribution >= 0.6 is 15.6 Å². The zero-order chi connectivity index (χ0) is 72.1. The second-order valence-corrected chi connectivity index (χ2v) is 32.1. The first-order valence-electron chi connectivity index (χ1n) is 41.0. The molecule has 0 aromatic rings. The van der Waals surface area contributed by atoms with Crippen molar-refractivity contribution in [1.82, 2.24) is 0 Å². The minimum Gasteiger partial charge on any atom is -0.462 e. The van der Waals surface area contributed by atoms with Gasteiger partial charge < -0.3 is 33.8 Å². The van der Waals surface area contributed by atoms with Crippen molar-refractivity contribution in [3.8, 4) is 0 Å². The first-order valence-corrected chi connectivity index (χ1v) is 44.0. The van der Waals surface area contributed by atoms with E-state index in [-0.39, 0.29) is 25.7 Å². The van der Waals surface area contributed by atoms with Crippen molar-refractivity contribution in [3.05, 3.63) is 0 Å². The maximum absolute atomic E-state index is 13.1. The van der Waals surface area contributed by atoms with E-state index in [1.165, 1.54) is 231 Å². The molecule has 3 N–H and O–H groups in total. The average Bonchev–Trinajstić information content (AvgIpc) is 0.979. The zero-order valence-electron chi connectivity index (χ0n) is 64.1. The fourth-order valence-electron chi connectivity index (χ4n) is 12.2. The Bertz CT molecular complexity index is 1890. The molecule has 0 rings (SSSR count). The van der Waals surface area contributed by atoms with Gasteiger partial charge in [-0.2, -0.15) is 0 Å². The molecule has 0 aliphatic rings. The summed E-state index contributed by atoms with van der Waals surface area (Å²) in [5.74, 6) is -0.528. The lowest BCUT2D eigenvalue weighted by Gasteiger charge is -2.21. The van der Waals surface area contributed by atoms with E-state index >= 15 is 0 Å². The predicted octanol–water partition coefficient (Wildman–Crippen LogP) is 23.5. The van der Waals surface area contributed by atoms with E-state index in [4.69, 9.17) is 37.0 Å². The summed E-state index contributed by atoms with van der Waals surface area (Å²) < 4.78 is 68.7. The van der Waals surface area contributed by atoms with Crippen molar-refractivity contribution in [2.45, 2.75) is 432 Å². The van der Waals surface area contributed by atoms with Crippen LogP contribution in [-0.4, -0.2) is 96.7 Å². The summed E-state index contributed by atoms with van der Waals surface area (Å²) in [6, 6.07) is 0. The number of rotatable bonds is 78. The molecule has 0 saturated heterocycles. The molecule has 0 heterocycles. The van der Waals surface area contributed by atoms with Crippen molar-refractivity contribution in [2.24, 2.45) is 11.8 Å². The number of hydrogen-bond acceptors (Lipinski definition) is 15. The molecule has 0 aromatic heterocycles. The molecule has 0 aliphatic heterocycles. The van der Waals surface area contributed by atoms with Gasteiger partial charge in [-0.1, -0.05) is 363 Å². The van der Waals surface area contributed by atoms with E-state index in [0.29, 0.717) is 25.7 Å². The van der Waals surface area contributed by atoms with Crippen LogP contribution in [0.2, 0.25) is 0 Å². The van der Waals surface area contributed by atoms with Crippen LogP contribution in [0.1, 0.15) is 414 Å². The van der Waals surface area contributed by atoms with Crippen LogP contribution in [0.25, 0.3) is 0 Å². The van der Waals surface area contributed by atoms with E-state index in [0.717, 1.165) is 102 Å². The van der Waals surface area contributed by atoms with Gasteiger partial charge in [-0.15, -0.1) is 0 Å². The molecule has 0 bridgehead atoms. The van der Waals surface area contributed by atoms with E-state index in [9.17, 15) is 43.2 Å². The highest BCUT2D eigenvalue weighted by atomic mass is 31.2. The third-order valence-electron chi connectivity index (χ3n) is 18.8. The van der Waals surface area contributed by atoms with Gasteiger partial charge in [-0.25, -0.2) is 9.13 Å². The molecule has 3 unspecified atom stereocenters. The Labute approximate surface area is 600 Å². The fraction of sp³-hybridized carbons (Fsp3) is 0.949. The molecule has 0 amide bonds. The zero-order valence-corrected chi connectivity index (χ0v) is 65.9. The third-order valence-corrected chi connectivity index (χ3v) is 20.7. The summed E-state index contributed by atoms with van der Waals surface area (Å²) in [5.41, 5.74) is 0. The first kappa shape index (κ1) is 96.1. The molecule has 6 atom stereocenters. The number of carbonyl (C=O) groups excluding carboxylic acids is 4. The first-order chi connectivity index (χ1) is 47.4. The summed E-state index contributed by atoms with van der Waals surface area (Å²) in [6.07, 6.45) is 59.4. The lowest BCUT2D eigenvalue weighted by atomic mass is 9.99. The molecular weight excluding hydrogens is 1280 g/mol. The standard InChI is InChI=1S/C79H154O17P2/c1-7-10-12-14-16-18-20-22-28-32-36-43-49-55-61-76(81)89-67-74(95-79(84)64-58-52-46-38-34-30-26-24-25-27-31-35-41-47-53-59-71(4)5)69-93-97(85,86)91-65-73(80)66-92-98(87,88)94-70-75(68-90-77(82)62-56-50-44-40-39-42-48-54-60-72(6)9-3)96-78(83)63-57-51-45-37-33-29-23-21-19-17-15-13-11-8-2/h71-75,80H,7-70H2,1-6H3,(H,85,86)(H,87,88)/t72?,73-,74-,75-/m1/s1. The number of phosphoric acid groups is 2. The molecule has 17 nitrogen and oxygen atoms in total. The summed E-state index contributed by atoms with van der Waals surface area (Å²) in [5, 5.41) is 10.6. The molecule has 582 valence electrons. The van der Waals surface area contributed by atoms with Crippen molar-refractivity contribution in [3.63, 3.8) is 0 Å². The van der Waals surface area contributed by atoms with Gasteiger partial charge in [0.2, 0.25) is 0 Å². The van der Waals surface area contributed by atoms with E-state index in [2.05, 4.69) is 41.5 Å². The summed E-state index contributed by atoms with van der Waals surface area (Å²) in [7, 11) is -9.92. The number of unbranched alkanes of at least 4 members (excludes halogenated alkanes) is 47. The van der Waals surface area contributed by atoms with Gasteiger partial charge in [-0.3, -0.25) is 37.3 Å². The van der Waals surface area contributed by atoms with Crippen LogP contribution in [-0.2, 0) is 65.4 Å². The molecular formula is C79H154O17P2. The molecule has 0 aliphatic carbocycles. The number of esters is 4. The van der Waals surface area contributed by atoms with Gasteiger partial charge >= 0.3 is 39.5 Å². The van der Waals surface area contributed by atoms with Crippen LogP contribution in [0.3, 0.4) is 0 Å². The minimum atomic E-state index is -4.96. The van der Waals surface area contributed by atoms with Crippen LogP contribution in [0, 0.1) is 11.8 Å². The number of carbonyl (C=O) groups is 4. The van der Waals surface area contributed by atoms with Gasteiger partial charge in [0.05, 0.1) is 26.4 Å². The normalized spacial score (nSPS) is 14.2. The van der Waals surface area contributed by atoms with Gasteiger partial charge in [0.15, 0.2) is 12.2 Å². The van der Waals surface area contributed by atoms with Gasteiger partial charge in [0.25, 0.3) is 0 Å². The van der Waals surface area contributed by atoms with Gasteiger partial charge in [-0.05, 0) is 37.5 Å².